The Balaban J connectivity index is 1.73. The second-order valence-corrected chi connectivity index (χ2v) is 21.2. The van der Waals surface area contributed by atoms with Gasteiger partial charge in [-0.3, -0.25) is 9.59 Å². The third-order valence-electron chi connectivity index (χ3n) is 14.4. The summed E-state index contributed by atoms with van der Waals surface area (Å²) < 4.78 is 33.7. The van der Waals surface area contributed by atoms with Crippen LogP contribution in [0.5, 0.6) is 0 Å². The average Bonchev–Trinajstić information content (AvgIpc) is 3.39. The van der Waals surface area contributed by atoms with Crippen molar-refractivity contribution in [2.45, 2.75) is 313 Å². The van der Waals surface area contributed by atoms with Gasteiger partial charge in [0.2, 0.25) is 0 Å². The smallest absolute Gasteiger partial charge is 0.306 e. The van der Waals surface area contributed by atoms with E-state index in [2.05, 4.69) is 38.2 Å². The molecule has 15 heteroatoms. The molecule has 2 saturated heterocycles. The zero-order chi connectivity index (χ0) is 53.9. The molecule has 0 aromatic rings. The third kappa shape index (κ3) is 32.7. The van der Waals surface area contributed by atoms with Crippen molar-refractivity contribution in [3.05, 3.63) is 24.3 Å². The number of carbonyl (C=O) groups excluding carboxylic acids is 2. The fourth-order valence-electron chi connectivity index (χ4n) is 9.50. The zero-order valence-electron chi connectivity index (χ0n) is 46.3. The number of hydrogen-bond acceptors (Lipinski definition) is 15. The summed E-state index contributed by atoms with van der Waals surface area (Å²) in [5, 5.41) is 72.3. The molecule has 74 heavy (non-hydrogen) atoms. The highest BCUT2D eigenvalue weighted by atomic mass is 16.7. The van der Waals surface area contributed by atoms with Gasteiger partial charge in [0.25, 0.3) is 0 Å². The van der Waals surface area contributed by atoms with Gasteiger partial charge in [0.1, 0.15) is 55.4 Å². The lowest BCUT2D eigenvalue weighted by atomic mass is 9.98. The van der Waals surface area contributed by atoms with E-state index in [9.17, 15) is 45.3 Å². The van der Waals surface area contributed by atoms with E-state index in [1.165, 1.54) is 161 Å². The lowest BCUT2D eigenvalue weighted by molar-refractivity contribution is -0.332. The van der Waals surface area contributed by atoms with E-state index in [-0.39, 0.29) is 26.1 Å². The van der Waals surface area contributed by atoms with Crippen molar-refractivity contribution >= 4 is 11.9 Å². The Labute approximate surface area is 447 Å². The molecule has 0 aromatic heterocycles. The molecule has 434 valence electrons. The Bertz CT molecular complexity index is 1380. The van der Waals surface area contributed by atoms with Crippen LogP contribution < -0.4 is 0 Å². The van der Waals surface area contributed by atoms with Gasteiger partial charge in [0.05, 0.1) is 19.8 Å². The Morgan fingerprint density at radius 2 is 0.797 bits per heavy atom. The molecule has 2 rings (SSSR count). The number of carbonyl (C=O) groups is 2. The maximum absolute atomic E-state index is 13.0. The number of ether oxygens (including phenoxy) is 6. The van der Waals surface area contributed by atoms with Gasteiger partial charge in [-0.05, 0) is 51.4 Å². The molecule has 2 aliphatic heterocycles. The first-order valence-corrected chi connectivity index (χ1v) is 29.9. The summed E-state index contributed by atoms with van der Waals surface area (Å²) in [5.74, 6) is -0.954. The maximum atomic E-state index is 13.0. The molecule has 2 fully saturated rings. The molecule has 0 amide bonds. The minimum Gasteiger partial charge on any atom is -0.462 e. The number of aliphatic hydroxyl groups is 7. The number of rotatable bonds is 48. The van der Waals surface area contributed by atoms with Crippen LogP contribution in [-0.4, -0.2) is 142 Å². The van der Waals surface area contributed by atoms with E-state index in [1.54, 1.807) is 0 Å². The normalized spacial score (nSPS) is 24.8. The van der Waals surface area contributed by atoms with Crippen molar-refractivity contribution in [1.82, 2.24) is 0 Å². The lowest BCUT2D eigenvalue weighted by Crippen LogP contribution is -2.61. The van der Waals surface area contributed by atoms with Crippen LogP contribution in [0, 0.1) is 0 Å². The molecule has 0 aliphatic carbocycles. The fourth-order valence-corrected chi connectivity index (χ4v) is 9.50. The molecule has 15 nitrogen and oxygen atoms in total. The van der Waals surface area contributed by atoms with Crippen LogP contribution in [0.25, 0.3) is 0 Å². The molecule has 2 aliphatic rings. The summed E-state index contributed by atoms with van der Waals surface area (Å²) in [5.41, 5.74) is 0. The van der Waals surface area contributed by atoms with Crippen LogP contribution in [0.1, 0.15) is 245 Å². The fraction of sp³-hybridized carbons (Fsp3) is 0.898. The van der Waals surface area contributed by atoms with Gasteiger partial charge in [0, 0.05) is 12.8 Å². The predicted octanol–water partition coefficient (Wildman–Crippen LogP) is 10.3. The minimum absolute atomic E-state index is 0.160. The molecular formula is C59H108O15. The van der Waals surface area contributed by atoms with Crippen molar-refractivity contribution in [2.24, 2.45) is 0 Å². The molecule has 0 spiro atoms. The van der Waals surface area contributed by atoms with E-state index in [0.29, 0.717) is 12.8 Å². The second-order valence-electron chi connectivity index (χ2n) is 21.2. The first-order chi connectivity index (χ1) is 36.0. The SMILES string of the molecule is CCCC/C=C/CCCCCCCCCCCC(=O)O[C@@H](COC(=O)CCC/C=C/CCCCCCCCCCCCCCCCCCCC)CO[C@@H]1O[C@H](CO[C@@H]2O[C@H](CO)[C@H](O)C(O)C2O)[C@H](O)C(O)C1O. The number of hydrogen-bond donors (Lipinski definition) is 7. The van der Waals surface area contributed by atoms with E-state index < -0.39 is 92.7 Å². The second kappa shape index (κ2) is 45.9. The molecule has 2 heterocycles. The standard InChI is InChI=1S/C59H108O15/c1-3-5-7-9-11-13-15-17-19-20-21-22-23-24-25-26-28-29-31-33-35-37-39-41-50(61)69-44-47(72-51(62)42-40-38-36-34-32-30-27-18-16-14-12-10-8-6-4-2)45-70-58-57(68)55(66)53(64)49(74-58)46-71-59-56(67)54(65)52(63)48(43-60)73-59/h10,12,33,35,47-49,52-60,63-68H,3-9,11,13-32,34,36-46H2,1-2H3/b12-10+,35-33+/t47-,48+,49+,52-,53-,54?,55?,56?,57?,58+,59+/m0/s1. The van der Waals surface area contributed by atoms with Crippen LogP contribution in [0.4, 0.5) is 0 Å². The summed E-state index contributed by atoms with van der Waals surface area (Å²) in [6.07, 6.45) is 33.6. The Morgan fingerprint density at radius 3 is 1.27 bits per heavy atom. The van der Waals surface area contributed by atoms with Crippen molar-refractivity contribution in [1.29, 1.82) is 0 Å². The quantitative estimate of drug-likeness (QED) is 0.0171. The van der Waals surface area contributed by atoms with E-state index in [1.807, 2.05) is 0 Å². The third-order valence-corrected chi connectivity index (χ3v) is 14.4. The van der Waals surface area contributed by atoms with Crippen LogP contribution in [0.3, 0.4) is 0 Å². The molecule has 7 N–H and O–H groups in total. The monoisotopic (exact) mass is 1060 g/mol. The average molecular weight is 1060 g/mol. The highest BCUT2D eigenvalue weighted by molar-refractivity contribution is 5.70. The van der Waals surface area contributed by atoms with Gasteiger partial charge in [-0.25, -0.2) is 0 Å². The molecule has 0 saturated carbocycles. The van der Waals surface area contributed by atoms with Crippen molar-refractivity contribution in [2.75, 3.05) is 26.4 Å². The van der Waals surface area contributed by atoms with Crippen LogP contribution >= 0.6 is 0 Å². The Hall–Kier alpha value is -2.02. The summed E-state index contributed by atoms with van der Waals surface area (Å²) in [6.45, 7) is 2.58. The van der Waals surface area contributed by atoms with Gasteiger partial charge in [0.15, 0.2) is 18.7 Å². The number of aliphatic hydroxyl groups excluding tert-OH is 7. The largest absolute Gasteiger partial charge is 0.462 e. The van der Waals surface area contributed by atoms with E-state index in [4.69, 9.17) is 28.4 Å². The number of allylic oxidation sites excluding steroid dienone is 4. The Kier molecular flexibility index (Phi) is 42.3. The van der Waals surface area contributed by atoms with Crippen molar-refractivity contribution in [3.8, 4) is 0 Å². The first-order valence-electron chi connectivity index (χ1n) is 29.9. The molecule has 0 bridgehead atoms. The highest BCUT2D eigenvalue weighted by Crippen LogP contribution is 2.27. The minimum atomic E-state index is -1.77. The summed E-state index contributed by atoms with van der Waals surface area (Å²) in [6, 6.07) is 0. The summed E-state index contributed by atoms with van der Waals surface area (Å²) >= 11 is 0. The van der Waals surface area contributed by atoms with Gasteiger partial charge in [-0.15, -0.1) is 0 Å². The molecular weight excluding hydrogens is 949 g/mol. The molecule has 11 atom stereocenters. The Morgan fingerprint density at radius 1 is 0.419 bits per heavy atom. The number of unbranched alkanes of at least 4 members (excludes halogenated alkanes) is 30. The van der Waals surface area contributed by atoms with Gasteiger partial charge < -0.3 is 64.2 Å². The molecule has 0 aromatic carbocycles. The number of esters is 2. The molecule has 0 radical (unpaired) electrons. The predicted molar refractivity (Wildman–Crippen MR) is 289 cm³/mol. The van der Waals surface area contributed by atoms with E-state index >= 15 is 0 Å². The topological polar surface area (TPSA) is 231 Å². The lowest BCUT2D eigenvalue weighted by Gasteiger charge is -2.42. The summed E-state index contributed by atoms with van der Waals surface area (Å²) in [7, 11) is 0. The van der Waals surface area contributed by atoms with Crippen LogP contribution in [0.2, 0.25) is 0 Å². The van der Waals surface area contributed by atoms with Crippen molar-refractivity contribution < 1.29 is 73.8 Å². The highest BCUT2D eigenvalue weighted by Gasteiger charge is 2.47. The van der Waals surface area contributed by atoms with Crippen LogP contribution in [0.15, 0.2) is 24.3 Å². The van der Waals surface area contributed by atoms with Gasteiger partial charge in [-0.1, -0.05) is 205 Å². The molecule has 4 unspecified atom stereocenters. The van der Waals surface area contributed by atoms with Crippen LogP contribution in [-0.2, 0) is 38.0 Å². The summed E-state index contributed by atoms with van der Waals surface area (Å²) in [4.78, 5) is 25.9. The van der Waals surface area contributed by atoms with E-state index in [0.717, 1.165) is 44.9 Å². The van der Waals surface area contributed by atoms with Gasteiger partial charge in [-0.2, -0.15) is 0 Å². The maximum Gasteiger partial charge on any atom is 0.306 e. The first kappa shape index (κ1) is 68.1. The van der Waals surface area contributed by atoms with Crippen molar-refractivity contribution in [3.63, 3.8) is 0 Å². The zero-order valence-corrected chi connectivity index (χ0v) is 46.3. The van der Waals surface area contributed by atoms with Gasteiger partial charge >= 0.3 is 11.9 Å².